The van der Waals surface area contributed by atoms with Gasteiger partial charge >= 0.3 is 5.97 Å². The average molecular weight is 294 g/mol. The summed E-state index contributed by atoms with van der Waals surface area (Å²) in [5, 5.41) is 4.20. The number of carbonyl (C=O) groups is 1. The van der Waals surface area contributed by atoms with Crippen LogP contribution in [0.25, 0.3) is 0 Å². The van der Waals surface area contributed by atoms with Gasteiger partial charge in [-0.2, -0.15) is 5.10 Å². The number of rotatable bonds is 5. The van der Waals surface area contributed by atoms with E-state index in [0.717, 1.165) is 31.4 Å². The molecule has 2 rings (SSSR count). The van der Waals surface area contributed by atoms with Crippen molar-refractivity contribution in [1.29, 1.82) is 0 Å². The van der Waals surface area contributed by atoms with Crippen LogP contribution < -0.4 is 5.73 Å². The predicted molar refractivity (Wildman–Crippen MR) is 80.9 cm³/mol. The number of carbonyl (C=O) groups excluding carboxylic acids is 1. The van der Waals surface area contributed by atoms with E-state index in [2.05, 4.69) is 17.0 Å². The van der Waals surface area contributed by atoms with Crippen molar-refractivity contribution < 1.29 is 9.53 Å². The molecule has 6 heteroatoms. The summed E-state index contributed by atoms with van der Waals surface area (Å²) in [4.78, 5) is 14.3. The van der Waals surface area contributed by atoms with Gasteiger partial charge in [-0.15, -0.1) is 0 Å². The molecule has 0 bridgehead atoms. The van der Waals surface area contributed by atoms with Crippen LogP contribution in [0.5, 0.6) is 0 Å². The van der Waals surface area contributed by atoms with Crippen molar-refractivity contribution in [3.63, 3.8) is 0 Å². The number of aryl methyl sites for hydroxylation is 1. The van der Waals surface area contributed by atoms with Crippen LogP contribution in [0, 0.1) is 0 Å². The Hall–Kier alpha value is -1.40. The number of hydrogen-bond acceptors (Lipinski definition) is 5. The summed E-state index contributed by atoms with van der Waals surface area (Å²) in [6.45, 7) is 2.89. The van der Waals surface area contributed by atoms with Crippen LogP contribution in [0.1, 0.15) is 48.7 Å². The molecule has 1 aliphatic rings. The highest BCUT2D eigenvalue weighted by molar-refractivity contribution is 5.90. The van der Waals surface area contributed by atoms with Gasteiger partial charge in [0.1, 0.15) is 5.56 Å². The molecular formula is C15H26N4O2. The maximum Gasteiger partial charge on any atom is 0.341 e. The minimum absolute atomic E-state index is 0.292. The van der Waals surface area contributed by atoms with Crippen LogP contribution in [0.2, 0.25) is 0 Å². The lowest BCUT2D eigenvalue weighted by molar-refractivity contribution is 0.0523. The Morgan fingerprint density at radius 3 is 2.76 bits per heavy atom. The molecule has 1 aromatic rings. The monoisotopic (exact) mass is 294 g/mol. The zero-order valence-electron chi connectivity index (χ0n) is 13.2. The summed E-state index contributed by atoms with van der Waals surface area (Å²) in [5.41, 5.74) is 7.44. The highest BCUT2D eigenvalue weighted by Crippen LogP contribution is 2.23. The third-order valence-corrected chi connectivity index (χ3v) is 4.32. The molecule has 21 heavy (non-hydrogen) atoms. The van der Waals surface area contributed by atoms with E-state index < -0.39 is 0 Å². The Kier molecular flexibility index (Phi) is 5.36. The Balaban J connectivity index is 2.05. The summed E-state index contributed by atoms with van der Waals surface area (Å²) in [7, 11) is 3.96. The van der Waals surface area contributed by atoms with Crippen molar-refractivity contribution in [3.05, 3.63) is 17.5 Å². The lowest BCUT2D eigenvalue weighted by Crippen LogP contribution is -2.38. The van der Waals surface area contributed by atoms with E-state index in [0.29, 0.717) is 30.8 Å². The van der Waals surface area contributed by atoms with E-state index in [-0.39, 0.29) is 5.97 Å². The molecule has 2 N–H and O–H groups in total. The average Bonchev–Trinajstić information content (AvgIpc) is 2.81. The van der Waals surface area contributed by atoms with Gasteiger partial charge in [0.05, 0.1) is 18.5 Å². The highest BCUT2D eigenvalue weighted by atomic mass is 16.5. The molecule has 0 saturated heterocycles. The minimum atomic E-state index is -0.292. The lowest BCUT2D eigenvalue weighted by Gasteiger charge is -2.33. The van der Waals surface area contributed by atoms with Gasteiger partial charge in [0.2, 0.25) is 0 Å². The molecule has 0 unspecified atom stereocenters. The number of nitrogens with two attached hydrogens (primary N) is 1. The van der Waals surface area contributed by atoms with Gasteiger partial charge in [0.25, 0.3) is 0 Å². The SMILES string of the molecule is CCOC(=O)c1cnn(C)c1CN(C)C1CCC(N)CC1. The fourth-order valence-electron chi connectivity index (χ4n) is 2.94. The number of esters is 1. The maximum atomic E-state index is 12.0. The lowest BCUT2D eigenvalue weighted by atomic mass is 9.91. The highest BCUT2D eigenvalue weighted by Gasteiger charge is 2.25. The quantitative estimate of drug-likeness (QED) is 0.829. The Morgan fingerprint density at radius 2 is 2.14 bits per heavy atom. The second-order valence-electron chi connectivity index (χ2n) is 5.83. The Bertz CT molecular complexity index is 478. The molecule has 0 aliphatic heterocycles. The van der Waals surface area contributed by atoms with Gasteiger partial charge in [-0.05, 0) is 39.7 Å². The first-order chi connectivity index (χ1) is 10.0. The van der Waals surface area contributed by atoms with E-state index in [1.165, 1.54) is 0 Å². The first kappa shape index (κ1) is 16.0. The molecule has 0 atom stereocenters. The summed E-state index contributed by atoms with van der Waals surface area (Å²) < 4.78 is 6.86. The number of hydrogen-bond donors (Lipinski definition) is 1. The second-order valence-corrected chi connectivity index (χ2v) is 5.83. The molecule has 1 aliphatic carbocycles. The van der Waals surface area contributed by atoms with Crippen LogP contribution in [0.15, 0.2) is 6.20 Å². The predicted octanol–water partition coefficient (Wildman–Crippen LogP) is 1.30. The van der Waals surface area contributed by atoms with Crippen LogP contribution in [0.3, 0.4) is 0 Å². The van der Waals surface area contributed by atoms with Crippen molar-refractivity contribution in [2.75, 3.05) is 13.7 Å². The largest absolute Gasteiger partial charge is 0.462 e. The normalized spacial score (nSPS) is 22.5. The van der Waals surface area contributed by atoms with Crippen LogP contribution in [0.4, 0.5) is 0 Å². The van der Waals surface area contributed by atoms with Gasteiger partial charge < -0.3 is 10.5 Å². The molecule has 1 aromatic heterocycles. The van der Waals surface area contributed by atoms with Crippen LogP contribution in [-0.2, 0) is 18.3 Å². The van der Waals surface area contributed by atoms with Crippen molar-refractivity contribution in [3.8, 4) is 0 Å². The van der Waals surface area contributed by atoms with E-state index >= 15 is 0 Å². The van der Waals surface area contributed by atoms with Crippen molar-refractivity contribution >= 4 is 5.97 Å². The van der Waals surface area contributed by atoms with E-state index in [9.17, 15) is 4.79 Å². The molecule has 0 radical (unpaired) electrons. The summed E-state index contributed by atoms with van der Waals surface area (Å²) in [6.07, 6.45) is 5.97. The molecule has 0 aromatic carbocycles. The molecule has 1 heterocycles. The Morgan fingerprint density at radius 1 is 1.48 bits per heavy atom. The minimum Gasteiger partial charge on any atom is -0.462 e. The third-order valence-electron chi connectivity index (χ3n) is 4.32. The van der Waals surface area contributed by atoms with E-state index in [4.69, 9.17) is 10.5 Å². The topological polar surface area (TPSA) is 73.4 Å². The summed E-state index contributed by atoms with van der Waals surface area (Å²) in [5.74, 6) is -0.292. The molecule has 0 amide bonds. The summed E-state index contributed by atoms with van der Waals surface area (Å²) in [6, 6.07) is 0.871. The summed E-state index contributed by atoms with van der Waals surface area (Å²) >= 11 is 0. The zero-order chi connectivity index (χ0) is 15.4. The Labute approximate surface area is 126 Å². The van der Waals surface area contributed by atoms with Crippen molar-refractivity contribution in [2.24, 2.45) is 12.8 Å². The van der Waals surface area contributed by atoms with Gasteiger partial charge in [0.15, 0.2) is 0 Å². The first-order valence-corrected chi connectivity index (χ1v) is 7.66. The third kappa shape index (κ3) is 3.83. The first-order valence-electron chi connectivity index (χ1n) is 7.66. The maximum absolute atomic E-state index is 12.0. The van der Waals surface area contributed by atoms with Gasteiger partial charge in [-0.25, -0.2) is 4.79 Å². The fraction of sp³-hybridized carbons (Fsp3) is 0.733. The smallest absolute Gasteiger partial charge is 0.341 e. The molecular weight excluding hydrogens is 268 g/mol. The van der Waals surface area contributed by atoms with Crippen LogP contribution in [-0.4, -0.2) is 46.4 Å². The van der Waals surface area contributed by atoms with Gasteiger partial charge in [0, 0.05) is 25.7 Å². The van der Waals surface area contributed by atoms with Crippen molar-refractivity contribution in [2.45, 2.75) is 51.2 Å². The molecule has 0 spiro atoms. The molecule has 1 fully saturated rings. The van der Waals surface area contributed by atoms with E-state index in [1.807, 2.05) is 14.0 Å². The van der Waals surface area contributed by atoms with E-state index in [1.54, 1.807) is 10.9 Å². The fourth-order valence-corrected chi connectivity index (χ4v) is 2.94. The van der Waals surface area contributed by atoms with Crippen molar-refractivity contribution in [1.82, 2.24) is 14.7 Å². The molecule has 6 nitrogen and oxygen atoms in total. The molecule has 118 valence electrons. The molecule has 1 saturated carbocycles. The second kappa shape index (κ2) is 7.04. The van der Waals surface area contributed by atoms with Gasteiger partial charge in [-0.1, -0.05) is 0 Å². The number of nitrogens with zero attached hydrogens (tertiary/aromatic N) is 3. The number of ether oxygens (including phenoxy) is 1. The van der Waals surface area contributed by atoms with Crippen LogP contribution >= 0.6 is 0 Å². The number of aromatic nitrogens is 2. The van der Waals surface area contributed by atoms with Gasteiger partial charge in [-0.3, -0.25) is 9.58 Å². The zero-order valence-corrected chi connectivity index (χ0v) is 13.2. The standard InChI is InChI=1S/C15H26N4O2/c1-4-21-15(20)13-9-17-19(3)14(13)10-18(2)12-7-5-11(16)6-8-12/h9,11-12H,4-8,10,16H2,1-3H3.